The van der Waals surface area contributed by atoms with Gasteiger partial charge in [-0.15, -0.1) is 5.10 Å². The molecule has 0 spiro atoms. The Labute approximate surface area is 111 Å². The second kappa shape index (κ2) is 5.69. The maximum atomic E-state index is 12.0. The van der Waals surface area contributed by atoms with E-state index in [4.69, 9.17) is 9.15 Å². The van der Waals surface area contributed by atoms with Crippen LogP contribution in [0.5, 0.6) is 0 Å². The smallest absolute Gasteiger partial charge is 0.322 e. The highest BCUT2D eigenvalue weighted by atomic mass is 16.5. The number of carbonyl (C=O) groups excluding carboxylic acids is 1. The van der Waals surface area contributed by atoms with Gasteiger partial charge in [0.25, 0.3) is 0 Å². The fourth-order valence-corrected chi connectivity index (χ4v) is 2.76. The van der Waals surface area contributed by atoms with Gasteiger partial charge < -0.3 is 9.15 Å². The molecule has 1 aliphatic carbocycles. The molecular formula is C13H19N3O3. The molecule has 2 fully saturated rings. The van der Waals surface area contributed by atoms with E-state index < -0.39 is 0 Å². The zero-order chi connectivity index (χ0) is 13.1. The maximum absolute atomic E-state index is 12.0. The van der Waals surface area contributed by atoms with Crippen molar-refractivity contribution in [3.05, 3.63) is 5.89 Å². The van der Waals surface area contributed by atoms with Gasteiger partial charge in [0.2, 0.25) is 11.8 Å². The summed E-state index contributed by atoms with van der Waals surface area (Å²) >= 11 is 0. The average Bonchev–Trinajstić information content (AvgIpc) is 3.10. The third kappa shape index (κ3) is 2.94. The van der Waals surface area contributed by atoms with Crippen molar-refractivity contribution in [2.75, 3.05) is 11.9 Å². The highest BCUT2D eigenvalue weighted by Gasteiger charge is 2.26. The van der Waals surface area contributed by atoms with Crippen LogP contribution in [-0.4, -0.2) is 22.7 Å². The molecule has 1 unspecified atom stereocenters. The Bertz CT molecular complexity index is 434. The Morgan fingerprint density at radius 3 is 2.68 bits per heavy atom. The van der Waals surface area contributed by atoms with Crippen molar-refractivity contribution < 1.29 is 13.9 Å². The minimum atomic E-state index is -0.104. The Morgan fingerprint density at radius 2 is 1.95 bits per heavy atom. The number of hydrogen-bond donors (Lipinski definition) is 1. The van der Waals surface area contributed by atoms with Gasteiger partial charge in [0.05, 0.1) is 0 Å². The summed E-state index contributed by atoms with van der Waals surface area (Å²) in [6.45, 7) is 0.733. The number of nitrogens with zero attached hydrogens (tertiary/aromatic N) is 2. The maximum Gasteiger partial charge on any atom is 0.322 e. The van der Waals surface area contributed by atoms with Gasteiger partial charge in [0, 0.05) is 12.5 Å². The van der Waals surface area contributed by atoms with Crippen molar-refractivity contribution in [2.45, 2.75) is 51.0 Å². The first-order chi connectivity index (χ1) is 9.33. The van der Waals surface area contributed by atoms with Gasteiger partial charge in [-0.05, 0) is 25.7 Å². The van der Waals surface area contributed by atoms with Crippen LogP contribution in [-0.2, 0) is 9.53 Å². The van der Waals surface area contributed by atoms with Crippen LogP contribution in [0.25, 0.3) is 0 Å². The van der Waals surface area contributed by atoms with Crippen LogP contribution in [0.1, 0.15) is 56.9 Å². The van der Waals surface area contributed by atoms with E-state index in [1.165, 1.54) is 6.42 Å². The molecule has 0 radical (unpaired) electrons. The summed E-state index contributed by atoms with van der Waals surface area (Å²) in [5, 5.41) is 10.5. The first kappa shape index (κ1) is 12.6. The molecule has 1 atom stereocenters. The minimum absolute atomic E-state index is 0.00207. The molecule has 1 amide bonds. The first-order valence-corrected chi connectivity index (χ1v) is 7.09. The van der Waals surface area contributed by atoms with Gasteiger partial charge in [0.1, 0.15) is 6.10 Å². The van der Waals surface area contributed by atoms with Crippen LogP contribution in [0.15, 0.2) is 4.42 Å². The first-order valence-electron chi connectivity index (χ1n) is 7.09. The van der Waals surface area contributed by atoms with Crippen LogP contribution < -0.4 is 5.32 Å². The van der Waals surface area contributed by atoms with E-state index >= 15 is 0 Å². The molecule has 1 aromatic rings. The monoisotopic (exact) mass is 265 g/mol. The predicted octanol–water partition coefficient (Wildman–Crippen LogP) is 2.44. The fourth-order valence-electron chi connectivity index (χ4n) is 2.76. The van der Waals surface area contributed by atoms with E-state index in [-0.39, 0.29) is 23.9 Å². The SMILES string of the molecule is O=C(Nc1nnc(C2CCCO2)o1)C1CCCCC1. The van der Waals surface area contributed by atoms with E-state index in [1.807, 2.05) is 0 Å². The molecule has 1 aliphatic heterocycles. The standard InChI is InChI=1S/C13H19N3O3/c17-11(9-5-2-1-3-6-9)14-13-16-15-12(19-13)10-7-4-8-18-10/h9-10H,1-8H2,(H,14,16,17). The lowest BCUT2D eigenvalue weighted by atomic mass is 9.89. The molecule has 1 saturated carbocycles. The molecule has 1 aromatic heterocycles. The van der Waals surface area contributed by atoms with Crippen molar-refractivity contribution in [1.82, 2.24) is 10.2 Å². The Kier molecular flexibility index (Phi) is 3.77. The molecule has 104 valence electrons. The topological polar surface area (TPSA) is 77.2 Å². The summed E-state index contributed by atoms with van der Waals surface area (Å²) in [4.78, 5) is 12.0. The van der Waals surface area contributed by atoms with E-state index in [1.54, 1.807) is 0 Å². The van der Waals surface area contributed by atoms with Crippen LogP contribution in [0.3, 0.4) is 0 Å². The van der Waals surface area contributed by atoms with Crippen LogP contribution in [0, 0.1) is 5.92 Å². The van der Waals surface area contributed by atoms with Crippen molar-refractivity contribution in [1.29, 1.82) is 0 Å². The number of anilines is 1. The third-order valence-corrected chi connectivity index (χ3v) is 3.85. The molecule has 0 bridgehead atoms. The number of rotatable bonds is 3. The Morgan fingerprint density at radius 1 is 1.11 bits per heavy atom. The van der Waals surface area contributed by atoms with Crippen LogP contribution in [0.2, 0.25) is 0 Å². The quantitative estimate of drug-likeness (QED) is 0.908. The molecule has 1 saturated heterocycles. The molecule has 3 rings (SSSR count). The van der Waals surface area contributed by atoms with E-state index in [9.17, 15) is 4.79 Å². The predicted molar refractivity (Wildman–Crippen MR) is 67.4 cm³/mol. The normalized spacial score (nSPS) is 24.5. The van der Waals surface area contributed by atoms with E-state index in [0.29, 0.717) is 5.89 Å². The summed E-state index contributed by atoms with van der Waals surface area (Å²) in [6, 6.07) is 0.195. The Balaban J connectivity index is 1.58. The second-order valence-electron chi connectivity index (χ2n) is 5.27. The lowest BCUT2D eigenvalue weighted by molar-refractivity contribution is -0.120. The van der Waals surface area contributed by atoms with Crippen LogP contribution >= 0.6 is 0 Å². The van der Waals surface area contributed by atoms with Crippen molar-refractivity contribution in [2.24, 2.45) is 5.92 Å². The average molecular weight is 265 g/mol. The summed E-state index contributed by atoms with van der Waals surface area (Å²) in [7, 11) is 0. The summed E-state index contributed by atoms with van der Waals surface area (Å²) in [5.74, 6) is 0.561. The summed E-state index contributed by atoms with van der Waals surface area (Å²) in [6.07, 6.45) is 7.21. The summed E-state index contributed by atoms with van der Waals surface area (Å²) < 4.78 is 10.9. The molecule has 19 heavy (non-hydrogen) atoms. The van der Waals surface area contributed by atoms with Gasteiger partial charge in [-0.3, -0.25) is 10.1 Å². The third-order valence-electron chi connectivity index (χ3n) is 3.85. The van der Waals surface area contributed by atoms with Crippen molar-refractivity contribution in [3.8, 4) is 0 Å². The van der Waals surface area contributed by atoms with E-state index in [0.717, 1.165) is 45.1 Å². The lowest BCUT2D eigenvalue weighted by Gasteiger charge is -2.19. The van der Waals surface area contributed by atoms with Crippen molar-refractivity contribution in [3.63, 3.8) is 0 Å². The number of amides is 1. The lowest BCUT2D eigenvalue weighted by Crippen LogP contribution is -2.24. The largest absolute Gasteiger partial charge is 0.405 e. The Hall–Kier alpha value is -1.43. The molecular weight excluding hydrogens is 246 g/mol. The highest BCUT2D eigenvalue weighted by Crippen LogP contribution is 2.29. The van der Waals surface area contributed by atoms with Gasteiger partial charge in [-0.1, -0.05) is 24.4 Å². The second-order valence-corrected chi connectivity index (χ2v) is 5.27. The summed E-state index contributed by atoms with van der Waals surface area (Å²) in [5.41, 5.74) is 0. The number of aromatic nitrogens is 2. The molecule has 2 heterocycles. The molecule has 0 aromatic carbocycles. The molecule has 6 heteroatoms. The van der Waals surface area contributed by atoms with E-state index in [2.05, 4.69) is 15.5 Å². The van der Waals surface area contributed by atoms with Gasteiger partial charge in [0.15, 0.2) is 0 Å². The van der Waals surface area contributed by atoms with Crippen LogP contribution in [0.4, 0.5) is 6.01 Å². The number of hydrogen-bond acceptors (Lipinski definition) is 5. The zero-order valence-corrected chi connectivity index (χ0v) is 10.9. The fraction of sp³-hybridized carbons (Fsp3) is 0.769. The van der Waals surface area contributed by atoms with Crippen molar-refractivity contribution >= 4 is 11.9 Å². The minimum Gasteiger partial charge on any atom is -0.405 e. The molecule has 2 aliphatic rings. The number of ether oxygens (including phenoxy) is 1. The number of carbonyl (C=O) groups is 1. The molecule has 6 nitrogen and oxygen atoms in total. The highest BCUT2D eigenvalue weighted by molar-refractivity contribution is 5.90. The van der Waals surface area contributed by atoms with Gasteiger partial charge in [-0.2, -0.15) is 0 Å². The zero-order valence-electron chi connectivity index (χ0n) is 10.9. The molecule has 1 N–H and O–H groups in total. The van der Waals surface area contributed by atoms with Gasteiger partial charge >= 0.3 is 6.01 Å². The van der Waals surface area contributed by atoms with Gasteiger partial charge in [-0.25, -0.2) is 0 Å². The number of nitrogens with one attached hydrogen (secondary N) is 1.